The average Bonchev–Trinajstić information content (AvgIpc) is 2.58. The average molecular weight is 402 g/mol. The van der Waals surface area contributed by atoms with Gasteiger partial charge in [0.15, 0.2) is 6.73 Å². The summed E-state index contributed by atoms with van der Waals surface area (Å²) in [5, 5.41) is 8.62. The molecule has 2 aromatic carbocycles. The third-order valence-electron chi connectivity index (χ3n) is 3.50. The summed E-state index contributed by atoms with van der Waals surface area (Å²) in [5.41, 5.74) is -0.644. The minimum absolute atomic E-state index is 0.00639. The Morgan fingerprint density at radius 2 is 1.89 bits per heavy atom. The smallest absolute Gasteiger partial charge is 0.417 e. The predicted octanol–water partition coefficient (Wildman–Crippen LogP) is 4.49. The van der Waals surface area contributed by atoms with Gasteiger partial charge in [0.1, 0.15) is 11.5 Å². The molecule has 27 heavy (non-hydrogen) atoms. The highest BCUT2D eigenvalue weighted by atomic mass is 35.5. The summed E-state index contributed by atoms with van der Waals surface area (Å²) in [5.74, 6) is -1.46. The molecule has 0 fully saturated rings. The van der Waals surface area contributed by atoms with Crippen LogP contribution < -0.4 is 9.64 Å². The topological polar surface area (TPSA) is 66.8 Å². The van der Waals surface area contributed by atoms with Gasteiger partial charge in [0.2, 0.25) is 0 Å². The summed E-state index contributed by atoms with van der Waals surface area (Å²) < 4.78 is 44.2. The van der Waals surface area contributed by atoms with E-state index in [1.54, 1.807) is 6.07 Å². The van der Waals surface area contributed by atoms with Crippen LogP contribution in [0.2, 0.25) is 5.02 Å². The van der Waals surface area contributed by atoms with Gasteiger partial charge in [0, 0.05) is 5.69 Å². The van der Waals surface area contributed by atoms with E-state index in [-0.39, 0.29) is 30.4 Å². The van der Waals surface area contributed by atoms with Crippen LogP contribution in [-0.2, 0) is 11.0 Å². The first-order valence-electron chi connectivity index (χ1n) is 7.65. The van der Waals surface area contributed by atoms with Crippen LogP contribution in [0.3, 0.4) is 0 Å². The summed E-state index contributed by atoms with van der Waals surface area (Å²) in [7, 11) is 0. The standard InChI is InChI=1S/C18H15ClF3NO4/c1-11(24)9-23(13-4-2-3-12(7-13)17(25)26)10-27-14-5-6-16(19)15(8-14)18(20,21)22/h2-8H,9-10H2,1H3,(H,25,26). The number of carboxylic acid groups (broad SMARTS) is 1. The predicted molar refractivity (Wildman–Crippen MR) is 93.4 cm³/mol. The monoisotopic (exact) mass is 401 g/mol. The minimum atomic E-state index is -4.63. The Kier molecular flexibility index (Phi) is 6.32. The van der Waals surface area contributed by atoms with Crippen LogP contribution >= 0.6 is 11.6 Å². The van der Waals surface area contributed by atoms with Gasteiger partial charge >= 0.3 is 12.1 Å². The van der Waals surface area contributed by atoms with Crippen molar-refractivity contribution in [2.45, 2.75) is 13.1 Å². The molecule has 0 saturated heterocycles. The Balaban J connectivity index is 2.24. The lowest BCUT2D eigenvalue weighted by Crippen LogP contribution is -2.32. The van der Waals surface area contributed by atoms with Crippen molar-refractivity contribution in [2.24, 2.45) is 0 Å². The van der Waals surface area contributed by atoms with E-state index < -0.39 is 22.7 Å². The SMILES string of the molecule is CC(=O)CN(COc1ccc(Cl)c(C(F)(F)F)c1)c1cccc(C(=O)O)c1. The number of anilines is 1. The van der Waals surface area contributed by atoms with E-state index in [2.05, 4.69) is 0 Å². The highest BCUT2D eigenvalue weighted by Gasteiger charge is 2.33. The van der Waals surface area contributed by atoms with E-state index in [9.17, 15) is 22.8 Å². The molecule has 1 N–H and O–H groups in total. The van der Waals surface area contributed by atoms with Crippen LogP contribution in [0, 0.1) is 0 Å². The number of hydrogen-bond acceptors (Lipinski definition) is 4. The number of benzene rings is 2. The highest BCUT2D eigenvalue weighted by molar-refractivity contribution is 6.31. The molecule has 0 aliphatic rings. The van der Waals surface area contributed by atoms with Crippen molar-refractivity contribution in [2.75, 3.05) is 18.2 Å². The van der Waals surface area contributed by atoms with Crippen molar-refractivity contribution in [3.63, 3.8) is 0 Å². The number of ether oxygens (including phenoxy) is 1. The molecule has 0 spiro atoms. The van der Waals surface area contributed by atoms with Gasteiger partial charge in [-0.15, -0.1) is 0 Å². The molecule has 0 saturated carbocycles. The highest BCUT2D eigenvalue weighted by Crippen LogP contribution is 2.36. The fourth-order valence-corrected chi connectivity index (χ4v) is 2.50. The normalized spacial score (nSPS) is 11.1. The number of rotatable bonds is 7. The largest absolute Gasteiger partial charge is 0.478 e. The van der Waals surface area contributed by atoms with Gasteiger partial charge in [-0.25, -0.2) is 4.79 Å². The number of hydrogen-bond donors (Lipinski definition) is 1. The van der Waals surface area contributed by atoms with Gasteiger partial charge in [0.25, 0.3) is 0 Å². The second kappa shape index (κ2) is 8.30. The number of carbonyl (C=O) groups is 2. The number of ketones is 1. The number of alkyl halides is 3. The zero-order valence-corrected chi connectivity index (χ0v) is 14.8. The molecule has 0 atom stereocenters. The molecule has 5 nitrogen and oxygen atoms in total. The van der Waals surface area contributed by atoms with Gasteiger partial charge in [-0.3, -0.25) is 4.79 Å². The lowest BCUT2D eigenvalue weighted by atomic mass is 10.2. The molecule has 0 aliphatic heterocycles. The van der Waals surface area contributed by atoms with Crippen LogP contribution in [0.15, 0.2) is 42.5 Å². The lowest BCUT2D eigenvalue weighted by molar-refractivity contribution is -0.137. The maximum Gasteiger partial charge on any atom is 0.417 e. The van der Waals surface area contributed by atoms with Crippen LogP contribution in [0.1, 0.15) is 22.8 Å². The molecule has 0 amide bonds. The Labute approximate surface area is 157 Å². The first-order valence-corrected chi connectivity index (χ1v) is 8.03. The molecule has 2 aromatic rings. The van der Waals surface area contributed by atoms with E-state index in [0.29, 0.717) is 5.69 Å². The fraction of sp³-hybridized carbons (Fsp3) is 0.222. The zero-order valence-electron chi connectivity index (χ0n) is 14.1. The van der Waals surface area contributed by atoms with E-state index in [1.807, 2.05) is 0 Å². The van der Waals surface area contributed by atoms with Crippen molar-refractivity contribution in [1.29, 1.82) is 0 Å². The second-order valence-corrected chi connectivity index (χ2v) is 6.08. The fourth-order valence-electron chi connectivity index (χ4n) is 2.28. The summed E-state index contributed by atoms with van der Waals surface area (Å²) in [6.07, 6.45) is -4.63. The number of Topliss-reactive ketones (excluding diaryl/α,β-unsaturated/α-hetero) is 1. The molecule has 0 bridgehead atoms. The Morgan fingerprint density at radius 3 is 2.48 bits per heavy atom. The van der Waals surface area contributed by atoms with Crippen LogP contribution in [0.5, 0.6) is 5.75 Å². The van der Waals surface area contributed by atoms with Crippen LogP contribution in [0.25, 0.3) is 0 Å². The Morgan fingerprint density at radius 1 is 1.19 bits per heavy atom. The summed E-state index contributed by atoms with van der Waals surface area (Å²) >= 11 is 5.57. The molecule has 0 aliphatic carbocycles. The van der Waals surface area contributed by atoms with E-state index >= 15 is 0 Å². The third kappa shape index (κ3) is 5.62. The molecule has 9 heteroatoms. The van der Waals surface area contributed by atoms with Crippen LogP contribution in [-0.4, -0.2) is 30.1 Å². The van der Waals surface area contributed by atoms with Crippen molar-refractivity contribution < 1.29 is 32.6 Å². The molecular weight excluding hydrogens is 387 g/mol. The van der Waals surface area contributed by atoms with Gasteiger partial charge in [-0.05, 0) is 43.3 Å². The number of aromatic carboxylic acids is 1. The first-order chi connectivity index (χ1) is 12.6. The summed E-state index contributed by atoms with van der Waals surface area (Å²) in [6, 6.07) is 8.90. The van der Waals surface area contributed by atoms with Gasteiger partial charge in [-0.1, -0.05) is 17.7 Å². The molecular formula is C18H15ClF3NO4. The van der Waals surface area contributed by atoms with Gasteiger partial charge in [0.05, 0.1) is 22.7 Å². The number of carboxylic acids is 1. The second-order valence-electron chi connectivity index (χ2n) is 5.67. The maximum atomic E-state index is 12.9. The van der Waals surface area contributed by atoms with E-state index in [0.717, 1.165) is 12.1 Å². The Bertz CT molecular complexity index is 855. The molecule has 144 valence electrons. The van der Waals surface area contributed by atoms with Gasteiger partial charge in [-0.2, -0.15) is 13.2 Å². The summed E-state index contributed by atoms with van der Waals surface area (Å²) in [4.78, 5) is 24.0. The van der Waals surface area contributed by atoms with Crippen LogP contribution in [0.4, 0.5) is 18.9 Å². The molecule has 0 heterocycles. The van der Waals surface area contributed by atoms with E-state index in [4.69, 9.17) is 21.4 Å². The Hall–Kier alpha value is -2.74. The number of nitrogens with zero attached hydrogens (tertiary/aromatic N) is 1. The number of carbonyl (C=O) groups excluding carboxylic acids is 1. The summed E-state index contributed by atoms with van der Waals surface area (Å²) in [6.45, 7) is 0.961. The quantitative estimate of drug-likeness (QED) is 0.692. The lowest BCUT2D eigenvalue weighted by Gasteiger charge is -2.24. The van der Waals surface area contributed by atoms with Crippen molar-refractivity contribution in [3.05, 3.63) is 58.6 Å². The molecule has 0 radical (unpaired) electrons. The van der Waals surface area contributed by atoms with Gasteiger partial charge < -0.3 is 14.7 Å². The molecule has 0 aromatic heterocycles. The molecule has 2 rings (SSSR count). The molecule has 0 unspecified atom stereocenters. The number of halogens is 4. The zero-order chi connectivity index (χ0) is 20.2. The van der Waals surface area contributed by atoms with E-state index in [1.165, 1.54) is 36.1 Å². The minimum Gasteiger partial charge on any atom is -0.478 e. The van der Waals surface area contributed by atoms with Crippen molar-refractivity contribution >= 4 is 29.0 Å². The van der Waals surface area contributed by atoms with Crippen molar-refractivity contribution in [1.82, 2.24) is 0 Å². The third-order valence-corrected chi connectivity index (χ3v) is 3.83. The maximum absolute atomic E-state index is 12.9. The first kappa shape index (κ1) is 20.6. The van der Waals surface area contributed by atoms with Crippen molar-refractivity contribution in [3.8, 4) is 5.75 Å².